The smallest absolute Gasteiger partial charge is 0.271 e. The van der Waals surface area contributed by atoms with Crippen molar-refractivity contribution >= 4 is 17.6 Å². The lowest BCUT2D eigenvalue weighted by Crippen LogP contribution is -1.93. The third kappa shape index (κ3) is 3.11. The van der Waals surface area contributed by atoms with Crippen molar-refractivity contribution < 1.29 is 4.92 Å². The summed E-state index contributed by atoms with van der Waals surface area (Å²) in [7, 11) is 0. The van der Waals surface area contributed by atoms with Gasteiger partial charge in [0, 0.05) is 30.1 Å². The molecule has 0 bridgehead atoms. The highest BCUT2D eigenvalue weighted by molar-refractivity contribution is 5.79. The zero-order chi connectivity index (χ0) is 12.8. The molecule has 0 fully saturated rings. The summed E-state index contributed by atoms with van der Waals surface area (Å²) in [5.74, 6) is 0. The van der Waals surface area contributed by atoms with Crippen molar-refractivity contribution in [2.24, 2.45) is 5.10 Å². The predicted octanol–water partition coefficient (Wildman–Crippen LogP) is 2.44. The molecule has 0 atom stereocenters. The second-order valence-electron chi connectivity index (χ2n) is 3.46. The molecule has 1 aromatic carbocycles. The Morgan fingerprint density at radius 2 is 2.22 bits per heavy atom. The van der Waals surface area contributed by atoms with Gasteiger partial charge in [-0.05, 0) is 12.1 Å². The van der Waals surface area contributed by atoms with Gasteiger partial charge in [0.15, 0.2) is 0 Å². The molecule has 0 saturated heterocycles. The van der Waals surface area contributed by atoms with Crippen LogP contribution < -0.4 is 5.43 Å². The maximum atomic E-state index is 10.6. The van der Waals surface area contributed by atoms with E-state index in [1.807, 2.05) is 6.07 Å². The van der Waals surface area contributed by atoms with Crippen LogP contribution in [0.2, 0.25) is 0 Å². The van der Waals surface area contributed by atoms with Crippen LogP contribution in [0.5, 0.6) is 0 Å². The third-order valence-electron chi connectivity index (χ3n) is 2.15. The maximum absolute atomic E-state index is 10.6. The summed E-state index contributed by atoms with van der Waals surface area (Å²) < 4.78 is 0. The molecule has 0 aliphatic carbocycles. The average molecular weight is 242 g/mol. The maximum Gasteiger partial charge on any atom is 0.271 e. The number of hydrazone groups is 1. The molecule has 0 aliphatic rings. The van der Waals surface area contributed by atoms with E-state index in [0.717, 1.165) is 5.56 Å². The molecule has 0 spiro atoms. The Morgan fingerprint density at radius 1 is 1.33 bits per heavy atom. The van der Waals surface area contributed by atoms with Gasteiger partial charge >= 0.3 is 0 Å². The fourth-order valence-electron chi connectivity index (χ4n) is 1.32. The van der Waals surface area contributed by atoms with Gasteiger partial charge < -0.3 is 0 Å². The zero-order valence-corrected chi connectivity index (χ0v) is 9.35. The van der Waals surface area contributed by atoms with Gasteiger partial charge in [-0.2, -0.15) is 5.10 Å². The van der Waals surface area contributed by atoms with Gasteiger partial charge in [-0.1, -0.05) is 12.1 Å². The van der Waals surface area contributed by atoms with Crippen molar-refractivity contribution in [2.75, 3.05) is 5.43 Å². The summed E-state index contributed by atoms with van der Waals surface area (Å²) in [4.78, 5) is 14.1. The molecule has 2 aromatic rings. The Bertz CT molecular complexity index is 569. The number of nitro groups is 1. The van der Waals surface area contributed by atoms with Crippen LogP contribution in [0, 0.1) is 10.1 Å². The monoisotopic (exact) mass is 242 g/mol. The summed E-state index contributed by atoms with van der Waals surface area (Å²) in [6, 6.07) is 9.80. The molecule has 0 saturated carbocycles. The van der Waals surface area contributed by atoms with E-state index in [4.69, 9.17) is 0 Å². The molecule has 90 valence electrons. The van der Waals surface area contributed by atoms with Gasteiger partial charge in [0.25, 0.3) is 5.69 Å². The van der Waals surface area contributed by atoms with Crippen molar-refractivity contribution in [3.63, 3.8) is 0 Å². The number of non-ortho nitro benzene ring substituents is 1. The standard InChI is InChI=1S/C12H10N4O2/c17-16(18)12-5-1-4-11(7-12)15-14-9-10-3-2-6-13-8-10/h1-9,15H. The van der Waals surface area contributed by atoms with E-state index >= 15 is 0 Å². The Kier molecular flexibility index (Phi) is 3.60. The molecule has 18 heavy (non-hydrogen) atoms. The number of anilines is 1. The largest absolute Gasteiger partial charge is 0.278 e. The lowest BCUT2D eigenvalue weighted by atomic mass is 10.3. The van der Waals surface area contributed by atoms with Crippen LogP contribution in [0.15, 0.2) is 53.9 Å². The average Bonchev–Trinajstić information content (AvgIpc) is 2.40. The molecule has 6 nitrogen and oxygen atoms in total. The molecule has 1 N–H and O–H groups in total. The Morgan fingerprint density at radius 3 is 2.94 bits per heavy atom. The minimum absolute atomic E-state index is 0.0246. The van der Waals surface area contributed by atoms with Crippen molar-refractivity contribution in [3.8, 4) is 0 Å². The number of rotatable bonds is 4. The number of nitro benzene ring substituents is 1. The van der Waals surface area contributed by atoms with Crippen LogP contribution >= 0.6 is 0 Å². The fraction of sp³-hybridized carbons (Fsp3) is 0. The first-order valence-electron chi connectivity index (χ1n) is 5.19. The number of nitrogens with zero attached hydrogens (tertiary/aromatic N) is 3. The van der Waals surface area contributed by atoms with Crippen molar-refractivity contribution in [1.82, 2.24) is 4.98 Å². The minimum Gasteiger partial charge on any atom is -0.278 e. The molecule has 0 unspecified atom stereocenters. The van der Waals surface area contributed by atoms with E-state index < -0.39 is 4.92 Å². The number of pyridine rings is 1. The van der Waals surface area contributed by atoms with Gasteiger partial charge in [-0.3, -0.25) is 20.5 Å². The summed E-state index contributed by atoms with van der Waals surface area (Å²) in [6.45, 7) is 0. The number of nitrogens with one attached hydrogen (secondary N) is 1. The molecular weight excluding hydrogens is 232 g/mol. The highest BCUT2D eigenvalue weighted by atomic mass is 16.6. The molecule has 6 heteroatoms. The van der Waals surface area contributed by atoms with Crippen LogP contribution in [0.4, 0.5) is 11.4 Å². The molecular formula is C12H10N4O2. The summed E-state index contributed by atoms with van der Waals surface area (Å²) in [5.41, 5.74) is 4.15. The molecule has 2 rings (SSSR count). The molecule has 1 heterocycles. The van der Waals surface area contributed by atoms with Gasteiger partial charge in [0.1, 0.15) is 0 Å². The van der Waals surface area contributed by atoms with Gasteiger partial charge in [0.05, 0.1) is 16.8 Å². The second-order valence-corrected chi connectivity index (χ2v) is 3.46. The van der Waals surface area contributed by atoms with Crippen LogP contribution in [0.3, 0.4) is 0 Å². The highest BCUT2D eigenvalue weighted by Gasteiger charge is 2.04. The summed E-state index contributed by atoms with van der Waals surface area (Å²) >= 11 is 0. The quantitative estimate of drug-likeness (QED) is 0.507. The summed E-state index contributed by atoms with van der Waals surface area (Å²) in [5, 5.41) is 14.6. The van der Waals surface area contributed by atoms with Crippen LogP contribution in [-0.2, 0) is 0 Å². The van der Waals surface area contributed by atoms with E-state index in [0.29, 0.717) is 5.69 Å². The first kappa shape index (κ1) is 11.7. The molecule has 0 amide bonds. The summed E-state index contributed by atoms with van der Waals surface area (Å²) in [6.07, 6.45) is 4.93. The predicted molar refractivity (Wildman–Crippen MR) is 68.6 cm³/mol. The SMILES string of the molecule is O=[N+]([O-])c1cccc(NN=Cc2cccnc2)c1. The molecule has 1 aromatic heterocycles. The van der Waals surface area contributed by atoms with Crippen LogP contribution in [0.1, 0.15) is 5.56 Å². The number of aromatic nitrogens is 1. The van der Waals surface area contributed by atoms with E-state index in [-0.39, 0.29) is 5.69 Å². The van der Waals surface area contributed by atoms with E-state index in [2.05, 4.69) is 15.5 Å². The second kappa shape index (κ2) is 5.53. The first-order valence-corrected chi connectivity index (χ1v) is 5.19. The minimum atomic E-state index is -0.448. The Balaban J connectivity index is 2.04. The lowest BCUT2D eigenvalue weighted by Gasteiger charge is -1.99. The van der Waals surface area contributed by atoms with Gasteiger partial charge in [0.2, 0.25) is 0 Å². The van der Waals surface area contributed by atoms with Crippen LogP contribution in [0.25, 0.3) is 0 Å². The van der Waals surface area contributed by atoms with Crippen molar-refractivity contribution in [2.45, 2.75) is 0 Å². The molecule has 0 radical (unpaired) electrons. The third-order valence-corrected chi connectivity index (χ3v) is 2.15. The Labute approximate surface area is 103 Å². The first-order chi connectivity index (χ1) is 8.75. The topological polar surface area (TPSA) is 80.4 Å². The normalized spacial score (nSPS) is 10.4. The number of hydrogen-bond donors (Lipinski definition) is 1. The van der Waals surface area contributed by atoms with Crippen LogP contribution in [-0.4, -0.2) is 16.1 Å². The lowest BCUT2D eigenvalue weighted by molar-refractivity contribution is -0.384. The highest BCUT2D eigenvalue weighted by Crippen LogP contribution is 2.16. The van der Waals surface area contributed by atoms with E-state index in [9.17, 15) is 10.1 Å². The zero-order valence-electron chi connectivity index (χ0n) is 9.35. The fourth-order valence-corrected chi connectivity index (χ4v) is 1.32. The van der Waals surface area contributed by atoms with E-state index in [1.165, 1.54) is 12.1 Å². The van der Waals surface area contributed by atoms with Gasteiger partial charge in [-0.25, -0.2) is 0 Å². The van der Waals surface area contributed by atoms with Gasteiger partial charge in [-0.15, -0.1) is 0 Å². The van der Waals surface area contributed by atoms with E-state index in [1.54, 1.807) is 36.8 Å². The number of hydrogen-bond acceptors (Lipinski definition) is 5. The van der Waals surface area contributed by atoms with Crippen molar-refractivity contribution in [3.05, 3.63) is 64.5 Å². The van der Waals surface area contributed by atoms with Crippen molar-refractivity contribution in [1.29, 1.82) is 0 Å². The number of benzene rings is 1. The molecule has 0 aliphatic heterocycles. The Hall–Kier alpha value is -2.76.